The summed E-state index contributed by atoms with van der Waals surface area (Å²) in [6, 6.07) is 7.56. The molecule has 8 nitrogen and oxygen atoms in total. The molecule has 0 saturated carbocycles. The van der Waals surface area contributed by atoms with Crippen molar-refractivity contribution in [1.29, 1.82) is 0 Å². The fourth-order valence-corrected chi connectivity index (χ4v) is 3.59. The molecule has 0 bridgehead atoms. The minimum atomic E-state index is -0.281. The summed E-state index contributed by atoms with van der Waals surface area (Å²) in [6.45, 7) is 4.16. The number of hydrogen-bond donors (Lipinski definition) is 1. The first kappa shape index (κ1) is 25.1. The van der Waals surface area contributed by atoms with E-state index < -0.39 is 0 Å². The molecule has 9 heteroatoms. The van der Waals surface area contributed by atoms with E-state index in [9.17, 15) is 0 Å². The van der Waals surface area contributed by atoms with Gasteiger partial charge >= 0.3 is 0 Å². The molecule has 0 spiro atoms. The summed E-state index contributed by atoms with van der Waals surface area (Å²) in [5.41, 5.74) is 5.63. The van der Waals surface area contributed by atoms with Crippen molar-refractivity contribution in [3.05, 3.63) is 41.0 Å². The summed E-state index contributed by atoms with van der Waals surface area (Å²) < 4.78 is 27.1. The minimum Gasteiger partial charge on any atom is -0.493 e. The predicted octanol–water partition coefficient (Wildman–Crippen LogP) is 3.86. The maximum absolute atomic E-state index is 5.46. The monoisotopic (exact) mass is 463 g/mol. The van der Waals surface area contributed by atoms with Gasteiger partial charge < -0.3 is 23.7 Å². The Morgan fingerprint density at radius 3 is 1.94 bits per heavy atom. The molecule has 3 rings (SSSR count). The van der Waals surface area contributed by atoms with Crippen LogP contribution in [0.1, 0.15) is 30.5 Å². The molecule has 0 atom stereocenters. The van der Waals surface area contributed by atoms with Crippen LogP contribution in [0.4, 0.5) is 0 Å². The number of benzene rings is 2. The molecule has 1 aliphatic rings. The fraction of sp³-hybridized carbons (Fsp3) is 0.391. The Hall–Kier alpha value is -3.13. The summed E-state index contributed by atoms with van der Waals surface area (Å²) in [5, 5.41) is 4.40. The Morgan fingerprint density at radius 1 is 0.844 bits per heavy atom. The molecule has 1 N–H and O–H groups in total. The number of aliphatic imine (C=N–C) groups is 1. The molecule has 1 aliphatic heterocycles. The highest BCUT2D eigenvalue weighted by atomic mass is 35.5. The van der Waals surface area contributed by atoms with Gasteiger partial charge in [-0.25, -0.2) is 0 Å². The minimum absolute atomic E-state index is 0. The van der Waals surface area contributed by atoms with Gasteiger partial charge in [0.1, 0.15) is 5.84 Å². The SMILES string of the molecule is COc1cc2c(cc1OC)C(N/N=C/c1cc(OC)c(OC)c(OC)c1)=NC(C)(C)C2.Cl. The number of hydrazone groups is 1. The van der Waals surface area contributed by atoms with Crippen molar-refractivity contribution in [1.82, 2.24) is 5.43 Å². The van der Waals surface area contributed by atoms with E-state index in [1.54, 1.807) is 41.8 Å². The third-order valence-corrected chi connectivity index (χ3v) is 4.97. The molecule has 0 aliphatic carbocycles. The summed E-state index contributed by atoms with van der Waals surface area (Å²) in [7, 11) is 7.97. The highest BCUT2D eigenvalue weighted by molar-refractivity contribution is 6.02. The van der Waals surface area contributed by atoms with Crippen molar-refractivity contribution in [2.24, 2.45) is 10.1 Å². The molecule has 0 saturated heterocycles. The molecule has 0 amide bonds. The molecule has 2 aromatic carbocycles. The Balaban J connectivity index is 0.00000363. The first-order valence-electron chi connectivity index (χ1n) is 9.80. The van der Waals surface area contributed by atoms with Gasteiger partial charge in [-0.05, 0) is 50.1 Å². The molecule has 174 valence electrons. The maximum atomic E-state index is 5.46. The molecule has 0 unspecified atom stereocenters. The van der Waals surface area contributed by atoms with Crippen LogP contribution in [0.3, 0.4) is 0 Å². The third kappa shape index (κ3) is 5.19. The van der Waals surface area contributed by atoms with Gasteiger partial charge in [-0.1, -0.05) is 0 Å². The Bertz CT molecular complexity index is 996. The van der Waals surface area contributed by atoms with E-state index in [-0.39, 0.29) is 17.9 Å². The third-order valence-electron chi connectivity index (χ3n) is 4.97. The zero-order valence-electron chi connectivity index (χ0n) is 19.4. The van der Waals surface area contributed by atoms with Gasteiger partial charge in [0, 0.05) is 11.1 Å². The maximum Gasteiger partial charge on any atom is 0.203 e. The van der Waals surface area contributed by atoms with Crippen LogP contribution >= 0.6 is 12.4 Å². The van der Waals surface area contributed by atoms with Crippen LogP contribution < -0.4 is 29.1 Å². The second kappa shape index (κ2) is 10.5. The number of halogens is 1. The Kier molecular flexibility index (Phi) is 8.21. The smallest absolute Gasteiger partial charge is 0.203 e. The summed E-state index contributed by atoms with van der Waals surface area (Å²) >= 11 is 0. The second-order valence-electron chi connectivity index (χ2n) is 7.64. The number of fused-ring (bicyclic) bond motifs is 1. The van der Waals surface area contributed by atoms with Crippen molar-refractivity contribution in [3.63, 3.8) is 0 Å². The molecule has 0 radical (unpaired) electrons. The predicted molar refractivity (Wildman–Crippen MR) is 128 cm³/mol. The molecule has 0 aromatic heterocycles. The Labute approximate surface area is 195 Å². The number of amidine groups is 1. The Morgan fingerprint density at radius 2 is 1.41 bits per heavy atom. The van der Waals surface area contributed by atoms with E-state index in [0.29, 0.717) is 34.6 Å². The lowest BCUT2D eigenvalue weighted by atomic mass is 9.88. The summed E-state index contributed by atoms with van der Waals surface area (Å²) in [6.07, 6.45) is 2.46. The highest BCUT2D eigenvalue weighted by Crippen LogP contribution is 2.38. The van der Waals surface area contributed by atoms with Crippen molar-refractivity contribution in [2.75, 3.05) is 35.5 Å². The number of rotatable bonds is 7. The zero-order valence-corrected chi connectivity index (χ0v) is 20.3. The summed E-state index contributed by atoms with van der Waals surface area (Å²) in [5.74, 6) is 3.64. The number of nitrogens with one attached hydrogen (secondary N) is 1. The van der Waals surface area contributed by atoms with Gasteiger partial charge in [0.15, 0.2) is 23.0 Å². The average Bonchev–Trinajstić information content (AvgIpc) is 2.76. The van der Waals surface area contributed by atoms with Crippen molar-refractivity contribution < 1.29 is 23.7 Å². The lowest BCUT2D eigenvalue weighted by Gasteiger charge is -2.29. The first-order chi connectivity index (χ1) is 14.8. The normalized spacial score (nSPS) is 14.0. The number of nitrogens with zero attached hydrogens (tertiary/aromatic N) is 2. The van der Waals surface area contributed by atoms with E-state index in [0.717, 1.165) is 23.1 Å². The largest absolute Gasteiger partial charge is 0.493 e. The van der Waals surface area contributed by atoms with E-state index in [1.807, 2.05) is 24.3 Å². The van der Waals surface area contributed by atoms with Crippen molar-refractivity contribution >= 4 is 24.5 Å². The molecular formula is C23H30ClN3O5. The van der Waals surface area contributed by atoms with E-state index in [1.165, 1.54) is 0 Å². The van der Waals surface area contributed by atoms with E-state index >= 15 is 0 Å². The van der Waals surface area contributed by atoms with Crippen LogP contribution in [-0.4, -0.2) is 53.1 Å². The highest BCUT2D eigenvalue weighted by Gasteiger charge is 2.28. The zero-order chi connectivity index (χ0) is 22.6. The number of methoxy groups -OCH3 is 5. The van der Waals surface area contributed by atoms with Gasteiger partial charge in [-0.15, -0.1) is 12.4 Å². The standard InChI is InChI=1S/C23H29N3O5.ClH/c1-23(2)12-15-10-17(27-3)18(28-4)11-16(15)22(25-23)26-24-13-14-8-19(29-5)21(31-7)20(9-14)30-6;/h8-11,13H,12H2,1-7H3,(H,25,26);1H/b24-13+;. The lowest BCUT2D eigenvalue weighted by molar-refractivity contribution is 0.324. The van der Waals surface area contributed by atoms with Crippen molar-refractivity contribution in [3.8, 4) is 28.7 Å². The summed E-state index contributed by atoms with van der Waals surface area (Å²) in [4.78, 5) is 4.84. The quantitative estimate of drug-likeness (QED) is 0.496. The van der Waals surface area contributed by atoms with Gasteiger partial charge in [0.2, 0.25) is 5.75 Å². The van der Waals surface area contributed by atoms with Gasteiger partial charge in [-0.3, -0.25) is 10.4 Å². The van der Waals surface area contributed by atoms with Crippen LogP contribution in [-0.2, 0) is 6.42 Å². The van der Waals surface area contributed by atoms with E-state index in [2.05, 4.69) is 24.4 Å². The second-order valence-corrected chi connectivity index (χ2v) is 7.64. The topological polar surface area (TPSA) is 82.9 Å². The lowest BCUT2D eigenvalue weighted by Crippen LogP contribution is -2.34. The van der Waals surface area contributed by atoms with Crippen LogP contribution in [0.2, 0.25) is 0 Å². The van der Waals surface area contributed by atoms with E-state index in [4.69, 9.17) is 28.7 Å². The van der Waals surface area contributed by atoms with Crippen LogP contribution in [0.15, 0.2) is 34.4 Å². The fourth-order valence-electron chi connectivity index (χ4n) is 3.59. The van der Waals surface area contributed by atoms with Gasteiger partial charge in [0.05, 0.1) is 47.3 Å². The van der Waals surface area contributed by atoms with Gasteiger partial charge in [-0.2, -0.15) is 5.10 Å². The van der Waals surface area contributed by atoms with Crippen LogP contribution in [0.25, 0.3) is 0 Å². The molecular weight excluding hydrogens is 434 g/mol. The number of ether oxygens (including phenoxy) is 5. The van der Waals surface area contributed by atoms with Gasteiger partial charge in [0.25, 0.3) is 0 Å². The average molecular weight is 464 g/mol. The van der Waals surface area contributed by atoms with Crippen LogP contribution in [0.5, 0.6) is 28.7 Å². The number of hydrogen-bond acceptors (Lipinski definition) is 8. The molecule has 1 heterocycles. The molecule has 2 aromatic rings. The molecule has 32 heavy (non-hydrogen) atoms. The first-order valence-corrected chi connectivity index (χ1v) is 9.80. The van der Waals surface area contributed by atoms with Crippen LogP contribution in [0, 0.1) is 0 Å². The molecule has 0 fully saturated rings. The van der Waals surface area contributed by atoms with Crippen molar-refractivity contribution in [2.45, 2.75) is 25.8 Å².